The predicted octanol–water partition coefficient (Wildman–Crippen LogP) is 4.36. The first-order chi connectivity index (χ1) is 10.2. The normalized spacial score (nSPS) is 10.1. The highest BCUT2D eigenvalue weighted by molar-refractivity contribution is 6.33. The highest BCUT2D eigenvalue weighted by Gasteiger charge is 2.04. The Morgan fingerprint density at radius 3 is 2.62 bits per heavy atom. The van der Waals surface area contributed by atoms with Gasteiger partial charge in [-0.3, -0.25) is 0 Å². The van der Waals surface area contributed by atoms with Crippen molar-refractivity contribution in [2.75, 3.05) is 11.9 Å². The molecule has 0 atom stereocenters. The summed E-state index contributed by atoms with van der Waals surface area (Å²) < 4.78 is 5.48. The number of hydrogen-bond donors (Lipinski definition) is 1. The van der Waals surface area contributed by atoms with Crippen LogP contribution in [-0.2, 0) is 17.9 Å². The van der Waals surface area contributed by atoms with Crippen molar-refractivity contribution in [3.05, 3.63) is 64.2 Å². The van der Waals surface area contributed by atoms with Gasteiger partial charge in [-0.05, 0) is 36.2 Å². The van der Waals surface area contributed by atoms with Crippen LogP contribution in [0.1, 0.15) is 23.6 Å². The van der Waals surface area contributed by atoms with Crippen molar-refractivity contribution < 1.29 is 4.74 Å². The molecule has 21 heavy (non-hydrogen) atoms. The number of anilines is 1. The Bertz CT molecular complexity index is 649. The first kappa shape index (κ1) is 15.4. The third kappa shape index (κ3) is 4.22. The van der Waals surface area contributed by atoms with E-state index in [0.717, 1.165) is 11.3 Å². The number of benzene rings is 2. The molecule has 0 aliphatic heterocycles. The molecular weight excluding hydrogens is 284 g/mol. The molecule has 0 fully saturated rings. The molecular formula is C17H17ClN2O. The van der Waals surface area contributed by atoms with E-state index >= 15 is 0 Å². The van der Waals surface area contributed by atoms with Crippen molar-refractivity contribution in [3.63, 3.8) is 0 Å². The number of halogens is 1. The highest BCUT2D eigenvalue weighted by Crippen LogP contribution is 2.24. The SMILES string of the molecule is CCOCc1ccccc1CNc1ccc(C#N)cc1Cl. The molecule has 0 unspecified atom stereocenters. The van der Waals surface area contributed by atoms with E-state index in [-0.39, 0.29) is 0 Å². The van der Waals surface area contributed by atoms with Crippen LogP contribution in [0.3, 0.4) is 0 Å². The maximum absolute atomic E-state index is 8.84. The van der Waals surface area contributed by atoms with Gasteiger partial charge >= 0.3 is 0 Å². The first-order valence-electron chi connectivity index (χ1n) is 6.82. The summed E-state index contributed by atoms with van der Waals surface area (Å²) in [6, 6.07) is 15.5. The Hall–Kier alpha value is -2.02. The fourth-order valence-corrected chi connectivity index (χ4v) is 2.25. The molecule has 0 heterocycles. The second kappa shape index (κ2) is 7.68. The number of rotatable bonds is 6. The summed E-state index contributed by atoms with van der Waals surface area (Å²) in [5.41, 5.74) is 3.71. The molecule has 1 N–H and O–H groups in total. The zero-order valence-corrected chi connectivity index (χ0v) is 12.7. The zero-order valence-electron chi connectivity index (χ0n) is 11.9. The van der Waals surface area contributed by atoms with E-state index in [1.54, 1.807) is 12.1 Å². The van der Waals surface area contributed by atoms with Gasteiger partial charge in [-0.2, -0.15) is 5.26 Å². The molecule has 108 valence electrons. The molecule has 0 aromatic heterocycles. The predicted molar refractivity (Wildman–Crippen MR) is 85.3 cm³/mol. The molecule has 0 saturated heterocycles. The van der Waals surface area contributed by atoms with Gasteiger partial charge in [0, 0.05) is 13.2 Å². The minimum atomic E-state index is 0.552. The van der Waals surface area contributed by atoms with Crippen LogP contribution in [0.2, 0.25) is 5.02 Å². The lowest BCUT2D eigenvalue weighted by atomic mass is 10.1. The Balaban J connectivity index is 2.08. The van der Waals surface area contributed by atoms with E-state index < -0.39 is 0 Å². The van der Waals surface area contributed by atoms with Gasteiger partial charge in [0.25, 0.3) is 0 Å². The number of ether oxygens (including phenoxy) is 1. The van der Waals surface area contributed by atoms with Gasteiger partial charge < -0.3 is 10.1 Å². The third-order valence-corrected chi connectivity index (χ3v) is 3.46. The van der Waals surface area contributed by atoms with Crippen LogP contribution in [0.15, 0.2) is 42.5 Å². The van der Waals surface area contributed by atoms with Gasteiger partial charge in [-0.1, -0.05) is 35.9 Å². The minimum Gasteiger partial charge on any atom is -0.380 e. The summed E-state index contributed by atoms with van der Waals surface area (Å²) in [4.78, 5) is 0. The fraction of sp³-hybridized carbons (Fsp3) is 0.235. The number of nitrogens with one attached hydrogen (secondary N) is 1. The van der Waals surface area contributed by atoms with Crippen LogP contribution < -0.4 is 5.32 Å². The van der Waals surface area contributed by atoms with Crippen LogP contribution in [-0.4, -0.2) is 6.61 Å². The largest absolute Gasteiger partial charge is 0.380 e. The molecule has 0 saturated carbocycles. The average Bonchev–Trinajstić information content (AvgIpc) is 2.52. The standard InChI is InChI=1S/C17H17ClN2O/c1-2-21-12-15-6-4-3-5-14(15)11-20-17-8-7-13(10-19)9-16(17)18/h3-9,20H,2,11-12H2,1H3. The lowest BCUT2D eigenvalue weighted by Crippen LogP contribution is -2.04. The smallest absolute Gasteiger partial charge is 0.0992 e. The second-order valence-corrected chi connectivity index (χ2v) is 4.97. The van der Waals surface area contributed by atoms with Crippen molar-refractivity contribution in [2.24, 2.45) is 0 Å². The minimum absolute atomic E-state index is 0.552. The van der Waals surface area contributed by atoms with E-state index in [4.69, 9.17) is 21.6 Å². The van der Waals surface area contributed by atoms with Crippen molar-refractivity contribution in [1.82, 2.24) is 0 Å². The van der Waals surface area contributed by atoms with Gasteiger partial charge in [-0.25, -0.2) is 0 Å². The third-order valence-electron chi connectivity index (χ3n) is 3.15. The van der Waals surface area contributed by atoms with Crippen LogP contribution in [0, 0.1) is 11.3 Å². The van der Waals surface area contributed by atoms with Crippen molar-refractivity contribution in [2.45, 2.75) is 20.1 Å². The molecule has 0 amide bonds. The van der Waals surface area contributed by atoms with Crippen LogP contribution in [0.4, 0.5) is 5.69 Å². The monoisotopic (exact) mass is 300 g/mol. The number of nitrogens with zero attached hydrogens (tertiary/aromatic N) is 1. The molecule has 2 rings (SSSR count). The van der Waals surface area contributed by atoms with E-state index in [2.05, 4.69) is 23.5 Å². The Morgan fingerprint density at radius 1 is 1.19 bits per heavy atom. The maximum Gasteiger partial charge on any atom is 0.0992 e. The zero-order chi connectivity index (χ0) is 15.1. The molecule has 0 bridgehead atoms. The first-order valence-corrected chi connectivity index (χ1v) is 7.20. The van der Waals surface area contributed by atoms with Gasteiger partial charge in [-0.15, -0.1) is 0 Å². The lowest BCUT2D eigenvalue weighted by molar-refractivity contribution is 0.133. The average molecular weight is 301 g/mol. The van der Waals surface area contributed by atoms with Crippen LogP contribution in [0.25, 0.3) is 0 Å². The highest BCUT2D eigenvalue weighted by atomic mass is 35.5. The van der Waals surface area contributed by atoms with E-state index in [0.29, 0.717) is 30.3 Å². The molecule has 0 aliphatic rings. The number of hydrogen-bond acceptors (Lipinski definition) is 3. The molecule has 2 aromatic carbocycles. The fourth-order valence-electron chi connectivity index (χ4n) is 2.00. The quantitative estimate of drug-likeness (QED) is 0.862. The summed E-state index contributed by atoms with van der Waals surface area (Å²) in [6.07, 6.45) is 0. The van der Waals surface area contributed by atoms with Crippen LogP contribution >= 0.6 is 11.6 Å². The summed E-state index contributed by atoms with van der Waals surface area (Å²) >= 11 is 6.16. The summed E-state index contributed by atoms with van der Waals surface area (Å²) in [5, 5.41) is 12.7. The Kier molecular flexibility index (Phi) is 5.62. The maximum atomic E-state index is 8.84. The topological polar surface area (TPSA) is 45.0 Å². The summed E-state index contributed by atoms with van der Waals surface area (Å²) in [7, 11) is 0. The van der Waals surface area contributed by atoms with Crippen molar-refractivity contribution in [3.8, 4) is 6.07 Å². The molecule has 3 nitrogen and oxygen atoms in total. The van der Waals surface area contributed by atoms with Gasteiger partial charge in [0.15, 0.2) is 0 Å². The lowest BCUT2D eigenvalue weighted by Gasteiger charge is -2.12. The van der Waals surface area contributed by atoms with E-state index in [9.17, 15) is 0 Å². The van der Waals surface area contributed by atoms with Gasteiger partial charge in [0.1, 0.15) is 0 Å². The summed E-state index contributed by atoms with van der Waals surface area (Å²) in [6.45, 7) is 3.95. The van der Waals surface area contributed by atoms with Crippen LogP contribution in [0.5, 0.6) is 0 Å². The molecule has 0 aliphatic carbocycles. The van der Waals surface area contributed by atoms with Gasteiger partial charge in [0.05, 0.1) is 28.9 Å². The van der Waals surface area contributed by atoms with Gasteiger partial charge in [0.2, 0.25) is 0 Å². The van der Waals surface area contributed by atoms with E-state index in [1.165, 1.54) is 5.56 Å². The molecule has 0 radical (unpaired) electrons. The second-order valence-electron chi connectivity index (χ2n) is 4.57. The molecule has 4 heteroatoms. The van der Waals surface area contributed by atoms with Crippen molar-refractivity contribution in [1.29, 1.82) is 5.26 Å². The molecule has 2 aromatic rings. The van der Waals surface area contributed by atoms with E-state index in [1.807, 2.05) is 25.1 Å². The molecule has 0 spiro atoms. The Morgan fingerprint density at radius 2 is 1.95 bits per heavy atom. The summed E-state index contributed by atoms with van der Waals surface area (Å²) in [5.74, 6) is 0. The van der Waals surface area contributed by atoms with Crippen molar-refractivity contribution >= 4 is 17.3 Å². The Labute approximate surface area is 130 Å². The number of nitriles is 1.